The fraction of sp³-hybridized carbons (Fsp3) is 0.214. The van der Waals surface area contributed by atoms with Gasteiger partial charge in [-0.25, -0.2) is 0 Å². The van der Waals surface area contributed by atoms with E-state index in [4.69, 9.17) is 9.78 Å². The first-order valence-electron chi connectivity index (χ1n) is 11.9. The van der Waals surface area contributed by atoms with Crippen molar-refractivity contribution in [1.29, 1.82) is 5.26 Å². The van der Waals surface area contributed by atoms with Crippen LogP contribution >= 0.6 is 0 Å². The SMILES string of the molecule is N#Cc1cccc(C(=O)N2CCN(Cc3cccc(-c4noc(-c5cccc(C(F)(F)F)c5)n4)c3)CC2)c1. The topological polar surface area (TPSA) is 86.3 Å². The average molecular weight is 518 g/mol. The van der Waals surface area contributed by atoms with E-state index >= 15 is 0 Å². The Labute approximate surface area is 216 Å². The van der Waals surface area contributed by atoms with Crippen LogP contribution in [0.25, 0.3) is 22.8 Å². The minimum atomic E-state index is -4.46. The lowest BCUT2D eigenvalue weighted by Gasteiger charge is -2.34. The van der Waals surface area contributed by atoms with Crippen molar-refractivity contribution in [1.82, 2.24) is 19.9 Å². The lowest BCUT2D eigenvalue weighted by Crippen LogP contribution is -2.48. The number of halogens is 3. The third kappa shape index (κ3) is 5.58. The highest BCUT2D eigenvalue weighted by Crippen LogP contribution is 2.32. The molecule has 1 fully saturated rings. The predicted molar refractivity (Wildman–Crippen MR) is 133 cm³/mol. The lowest BCUT2D eigenvalue weighted by atomic mass is 10.1. The molecule has 4 aromatic rings. The van der Waals surface area contributed by atoms with Gasteiger partial charge in [0.25, 0.3) is 11.8 Å². The van der Waals surface area contributed by atoms with E-state index in [2.05, 4.69) is 21.1 Å². The zero-order chi connectivity index (χ0) is 26.7. The Morgan fingerprint density at radius 2 is 1.68 bits per heavy atom. The van der Waals surface area contributed by atoms with Crippen molar-refractivity contribution in [3.63, 3.8) is 0 Å². The van der Waals surface area contributed by atoms with Gasteiger partial charge in [0.15, 0.2) is 0 Å². The third-order valence-corrected chi connectivity index (χ3v) is 6.35. The smallest absolute Gasteiger partial charge is 0.336 e. The van der Waals surface area contributed by atoms with Gasteiger partial charge in [-0.05, 0) is 48.0 Å². The van der Waals surface area contributed by atoms with E-state index in [1.165, 1.54) is 12.1 Å². The van der Waals surface area contributed by atoms with E-state index in [9.17, 15) is 18.0 Å². The number of nitriles is 1. The van der Waals surface area contributed by atoms with Gasteiger partial charge in [0.2, 0.25) is 5.82 Å². The van der Waals surface area contributed by atoms with E-state index in [0.29, 0.717) is 49.4 Å². The summed E-state index contributed by atoms with van der Waals surface area (Å²) in [5.41, 5.74) is 2.08. The van der Waals surface area contributed by atoms with Gasteiger partial charge < -0.3 is 9.42 Å². The van der Waals surface area contributed by atoms with Gasteiger partial charge >= 0.3 is 6.18 Å². The van der Waals surface area contributed by atoms with Crippen LogP contribution < -0.4 is 0 Å². The van der Waals surface area contributed by atoms with Gasteiger partial charge in [-0.2, -0.15) is 23.4 Å². The molecule has 0 N–H and O–H groups in total. The average Bonchev–Trinajstić information content (AvgIpc) is 3.44. The van der Waals surface area contributed by atoms with Crippen LogP contribution in [0.1, 0.15) is 27.0 Å². The number of alkyl halides is 3. The summed E-state index contributed by atoms with van der Waals surface area (Å²) in [4.78, 5) is 21.2. The van der Waals surface area contributed by atoms with Crippen molar-refractivity contribution < 1.29 is 22.5 Å². The molecular formula is C28H22F3N5O2. The normalized spacial score (nSPS) is 14.3. The number of piperazine rings is 1. The fourth-order valence-electron chi connectivity index (χ4n) is 4.37. The molecule has 1 aliphatic heterocycles. The van der Waals surface area contributed by atoms with Crippen LogP contribution in [0.2, 0.25) is 0 Å². The van der Waals surface area contributed by atoms with Crippen LogP contribution in [0.5, 0.6) is 0 Å². The first kappa shape index (κ1) is 25.2. The summed E-state index contributed by atoms with van der Waals surface area (Å²) in [6.45, 7) is 3.17. The van der Waals surface area contributed by atoms with Crippen LogP contribution in [-0.4, -0.2) is 52.0 Å². The predicted octanol–water partition coefficient (Wildman–Crippen LogP) is 5.25. The quantitative estimate of drug-likeness (QED) is 0.359. The second-order valence-corrected chi connectivity index (χ2v) is 8.96. The summed E-state index contributed by atoms with van der Waals surface area (Å²) in [5.74, 6) is 0.212. The molecule has 1 aliphatic rings. The zero-order valence-corrected chi connectivity index (χ0v) is 20.2. The Morgan fingerprint density at radius 1 is 0.947 bits per heavy atom. The molecule has 38 heavy (non-hydrogen) atoms. The van der Waals surface area contributed by atoms with Gasteiger partial charge in [-0.15, -0.1) is 0 Å². The second-order valence-electron chi connectivity index (χ2n) is 8.96. The number of rotatable bonds is 5. The summed E-state index contributed by atoms with van der Waals surface area (Å²) in [6.07, 6.45) is -4.46. The molecule has 7 nitrogen and oxygen atoms in total. The largest absolute Gasteiger partial charge is 0.416 e. The molecule has 0 bridgehead atoms. The number of amides is 1. The molecule has 1 saturated heterocycles. The van der Waals surface area contributed by atoms with Crippen molar-refractivity contribution >= 4 is 5.91 Å². The number of hydrogen-bond donors (Lipinski definition) is 0. The summed E-state index contributed by atoms with van der Waals surface area (Å²) in [6, 6.07) is 21.1. The number of hydrogen-bond acceptors (Lipinski definition) is 6. The maximum absolute atomic E-state index is 13.1. The van der Waals surface area contributed by atoms with Gasteiger partial charge in [0.05, 0.1) is 17.2 Å². The molecule has 1 amide bonds. The van der Waals surface area contributed by atoms with Gasteiger partial charge in [0.1, 0.15) is 0 Å². The van der Waals surface area contributed by atoms with E-state index in [0.717, 1.165) is 17.7 Å². The highest BCUT2D eigenvalue weighted by Gasteiger charge is 2.31. The molecule has 5 rings (SSSR count). The molecule has 0 atom stereocenters. The highest BCUT2D eigenvalue weighted by atomic mass is 19.4. The van der Waals surface area contributed by atoms with E-state index in [1.54, 1.807) is 29.2 Å². The van der Waals surface area contributed by atoms with Crippen molar-refractivity contribution in [2.75, 3.05) is 26.2 Å². The fourth-order valence-corrected chi connectivity index (χ4v) is 4.37. The van der Waals surface area contributed by atoms with Crippen LogP contribution in [0.4, 0.5) is 13.2 Å². The zero-order valence-electron chi connectivity index (χ0n) is 20.2. The van der Waals surface area contributed by atoms with Crippen molar-refractivity contribution in [2.45, 2.75) is 12.7 Å². The number of carbonyl (C=O) groups excluding carboxylic acids is 1. The van der Waals surface area contributed by atoms with Crippen LogP contribution in [-0.2, 0) is 12.7 Å². The number of carbonyl (C=O) groups is 1. The third-order valence-electron chi connectivity index (χ3n) is 6.35. The van der Waals surface area contributed by atoms with Crippen molar-refractivity contribution in [3.8, 4) is 28.9 Å². The lowest BCUT2D eigenvalue weighted by molar-refractivity contribution is -0.137. The highest BCUT2D eigenvalue weighted by molar-refractivity contribution is 5.94. The monoisotopic (exact) mass is 517 g/mol. The van der Waals surface area contributed by atoms with E-state index < -0.39 is 11.7 Å². The summed E-state index contributed by atoms with van der Waals surface area (Å²) in [7, 11) is 0. The molecule has 1 aromatic heterocycles. The molecular weight excluding hydrogens is 495 g/mol. The molecule has 0 radical (unpaired) electrons. The first-order chi connectivity index (χ1) is 18.3. The van der Waals surface area contributed by atoms with Crippen LogP contribution in [0, 0.1) is 11.3 Å². The molecule has 2 heterocycles. The number of nitrogens with zero attached hydrogens (tertiary/aromatic N) is 5. The van der Waals surface area contributed by atoms with Gasteiger partial charge in [-0.1, -0.05) is 35.5 Å². The Morgan fingerprint density at radius 3 is 2.45 bits per heavy atom. The summed E-state index contributed by atoms with van der Waals surface area (Å²) in [5, 5.41) is 13.0. The first-order valence-corrected chi connectivity index (χ1v) is 11.9. The Bertz CT molecular complexity index is 1500. The van der Waals surface area contributed by atoms with Gasteiger partial charge in [-0.3, -0.25) is 9.69 Å². The Balaban J connectivity index is 1.23. The molecule has 3 aromatic carbocycles. The standard InChI is InChI=1S/C28H22F3N5O2/c29-28(30,31)24-9-3-7-22(16-24)26-33-25(34-38-26)21-6-2-5-20(15-21)18-35-10-12-36(13-11-35)27(37)23-8-1-4-19(14-23)17-32/h1-9,14-16H,10-13,18H2. The number of benzene rings is 3. The second kappa shape index (κ2) is 10.5. The van der Waals surface area contributed by atoms with E-state index in [-0.39, 0.29) is 23.2 Å². The molecule has 0 aliphatic carbocycles. The Kier molecular flexibility index (Phi) is 6.94. The molecule has 0 saturated carbocycles. The minimum absolute atomic E-state index is 0.0117. The summed E-state index contributed by atoms with van der Waals surface area (Å²) >= 11 is 0. The molecule has 0 spiro atoms. The van der Waals surface area contributed by atoms with Crippen LogP contribution in [0.15, 0.2) is 77.3 Å². The molecule has 0 unspecified atom stereocenters. The maximum Gasteiger partial charge on any atom is 0.416 e. The van der Waals surface area contributed by atoms with Crippen LogP contribution in [0.3, 0.4) is 0 Å². The molecule has 192 valence electrons. The van der Waals surface area contributed by atoms with E-state index in [1.807, 2.05) is 24.3 Å². The number of aromatic nitrogens is 2. The van der Waals surface area contributed by atoms with Gasteiger partial charge in [0, 0.05) is 49.4 Å². The molecule has 10 heteroatoms. The van der Waals surface area contributed by atoms with Crippen molar-refractivity contribution in [3.05, 3.63) is 95.1 Å². The maximum atomic E-state index is 13.1. The Hall–Kier alpha value is -4.49. The van der Waals surface area contributed by atoms with Crippen molar-refractivity contribution in [2.24, 2.45) is 0 Å². The minimum Gasteiger partial charge on any atom is -0.336 e. The summed E-state index contributed by atoms with van der Waals surface area (Å²) < 4.78 is 44.4.